The summed E-state index contributed by atoms with van der Waals surface area (Å²) in [4.78, 5) is 11.7. The molecule has 0 atom stereocenters. The molecule has 1 amide bonds. The van der Waals surface area contributed by atoms with Crippen molar-refractivity contribution in [2.75, 3.05) is 17.7 Å². The van der Waals surface area contributed by atoms with Crippen LogP contribution in [0.3, 0.4) is 0 Å². The maximum Gasteiger partial charge on any atom is 0.250 e. The zero-order valence-electron chi connectivity index (χ0n) is 10.8. The average molecular weight is 335 g/mol. The predicted molar refractivity (Wildman–Crippen MR) is 83.3 cm³/mol. The first-order valence-electron chi connectivity index (χ1n) is 6.11. The molecule has 0 saturated carbocycles. The number of hydrogen-bond acceptors (Lipinski definition) is 3. The van der Waals surface area contributed by atoms with E-state index in [0.717, 1.165) is 10.0 Å². The number of hydrogen-bond donors (Lipinski definition) is 2. The number of ether oxygens (including phenoxy) is 1. The lowest BCUT2D eigenvalue weighted by molar-refractivity contribution is -0.121. The number of carbonyl (C=O) groups excluding carboxylic acids is 1. The standard InChI is InChI=1S/C15H15BrN2O2/c16-12-3-1-11(2-4-12)9-20-10-15(19)18-14-7-5-13(17)6-8-14/h1-8H,9-10,17H2,(H,18,19). The maximum atomic E-state index is 11.7. The first-order chi connectivity index (χ1) is 9.63. The molecular formula is C15H15BrN2O2. The van der Waals surface area contributed by atoms with Gasteiger partial charge in [0.05, 0.1) is 6.61 Å². The molecule has 0 spiro atoms. The second kappa shape index (κ2) is 7.07. The number of nitrogens with two attached hydrogens (primary N) is 1. The maximum absolute atomic E-state index is 11.7. The van der Waals surface area contributed by atoms with E-state index in [1.807, 2.05) is 24.3 Å². The summed E-state index contributed by atoms with van der Waals surface area (Å²) in [5, 5.41) is 2.74. The Kier molecular flexibility index (Phi) is 5.15. The largest absolute Gasteiger partial charge is 0.399 e. The summed E-state index contributed by atoms with van der Waals surface area (Å²) < 4.78 is 6.38. The molecule has 0 saturated heterocycles. The SMILES string of the molecule is Nc1ccc(NC(=O)COCc2ccc(Br)cc2)cc1. The van der Waals surface area contributed by atoms with Crippen LogP contribution in [-0.2, 0) is 16.1 Å². The predicted octanol–water partition coefficient (Wildman–Crippen LogP) is 3.19. The molecule has 0 unspecified atom stereocenters. The number of nitrogens with one attached hydrogen (secondary N) is 1. The molecule has 0 fully saturated rings. The highest BCUT2D eigenvalue weighted by atomic mass is 79.9. The zero-order valence-corrected chi connectivity index (χ0v) is 12.4. The molecule has 0 bridgehead atoms. The van der Waals surface area contributed by atoms with Crippen LogP contribution in [0.2, 0.25) is 0 Å². The van der Waals surface area contributed by atoms with Crippen LogP contribution in [0.1, 0.15) is 5.56 Å². The van der Waals surface area contributed by atoms with E-state index in [0.29, 0.717) is 18.0 Å². The minimum atomic E-state index is -0.188. The van der Waals surface area contributed by atoms with Crippen LogP contribution in [-0.4, -0.2) is 12.5 Å². The summed E-state index contributed by atoms with van der Waals surface area (Å²) in [5.41, 5.74) is 7.96. The molecule has 2 aromatic rings. The molecule has 0 radical (unpaired) electrons. The van der Waals surface area contributed by atoms with Gasteiger partial charge in [0.1, 0.15) is 6.61 Å². The first kappa shape index (κ1) is 14.6. The summed E-state index contributed by atoms with van der Waals surface area (Å²) in [6, 6.07) is 14.7. The lowest BCUT2D eigenvalue weighted by Gasteiger charge is -2.07. The highest BCUT2D eigenvalue weighted by Gasteiger charge is 2.02. The number of amides is 1. The van der Waals surface area contributed by atoms with Crippen molar-refractivity contribution in [3.8, 4) is 0 Å². The van der Waals surface area contributed by atoms with Crippen molar-refractivity contribution < 1.29 is 9.53 Å². The molecule has 0 aliphatic carbocycles. The van der Waals surface area contributed by atoms with Crippen molar-refractivity contribution in [1.29, 1.82) is 0 Å². The average Bonchev–Trinajstić information content (AvgIpc) is 2.44. The van der Waals surface area contributed by atoms with Gasteiger partial charge in [-0.25, -0.2) is 0 Å². The normalized spacial score (nSPS) is 10.2. The molecule has 0 aliphatic heterocycles. The van der Waals surface area contributed by atoms with E-state index in [9.17, 15) is 4.79 Å². The molecule has 0 aliphatic rings. The minimum Gasteiger partial charge on any atom is -0.399 e. The quantitative estimate of drug-likeness (QED) is 0.825. The Morgan fingerprint density at radius 1 is 1.10 bits per heavy atom. The molecular weight excluding hydrogens is 320 g/mol. The van der Waals surface area contributed by atoms with Crippen LogP contribution in [0.4, 0.5) is 11.4 Å². The fraction of sp³-hybridized carbons (Fsp3) is 0.133. The van der Waals surface area contributed by atoms with Crippen molar-refractivity contribution in [3.05, 3.63) is 58.6 Å². The van der Waals surface area contributed by atoms with Gasteiger partial charge in [-0.15, -0.1) is 0 Å². The number of rotatable bonds is 5. The van der Waals surface area contributed by atoms with E-state index in [4.69, 9.17) is 10.5 Å². The van der Waals surface area contributed by atoms with E-state index in [2.05, 4.69) is 21.2 Å². The van der Waals surface area contributed by atoms with Gasteiger partial charge in [0, 0.05) is 15.8 Å². The van der Waals surface area contributed by atoms with E-state index < -0.39 is 0 Å². The third-order valence-corrected chi connectivity index (χ3v) is 3.14. The second-order valence-electron chi connectivity index (χ2n) is 4.29. The van der Waals surface area contributed by atoms with E-state index in [1.165, 1.54) is 0 Å². The Labute approximate surface area is 126 Å². The molecule has 3 N–H and O–H groups in total. The molecule has 4 nitrogen and oxygen atoms in total. The first-order valence-corrected chi connectivity index (χ1v) is 6.90. The second-order valence-corrected chi connectivity index (χ2v) is 5.21. The minimum absolute atomic E-state index is 0.0143. The third-order valence-electron chi connectivity index (χ3n) is 2.61. The smallest absolute Gasteiger partial charge is 0.250 e. The molecule has 5 heteroatoms. The van der Waals surface area contributed by atoms with E-state index in [-0.39, 0.29) is 12.5 Å². The topological polar surface area (TPSA) is 64.3 Å². The van der Waals surface area contributed by atoms with Crippen molar-refractivity contribution in [2.24, 2.45) is 0 Å². The highest BCUT2D eigenvalue weighted by Crippen LogP contribution is 2.12. The fourth-order valence-corrected chi connectivity index (χ4v) is 1.87. The van der Waals surface area contributed by atoms with Gasteiger partial charge in [-0.1, -0.05) is 28.1 Å². The Morgan fingerprint density at radius 2 is 1.75 bits per heavy atom. The lowest BCUT2D eigenvalue weighted by atomic mass is 10.2. The Balaban J connectivity index is 1.75. The Morgan fingerprint density at radius 3 is 2.40 bits per heavy atom. The summed E-state index contributed by atoms with van der Waals surface area (Å²) in [5.74, 6) is -0.188. The monoisotopic (exact) mass is 334 g/mol. The van der Waals surface area contributed by atoms with Crippen molar-refractivity contribution in [2.45, 2.75) is 6.61 Å². The van der Waals surface area contributed by atoms with Gasteiger partial charge in [0.15, 0.2) is 0 Å². The highest BCUT2D eigenvalue weighted by molar-refractivity contribution is 9.10. The van der Waals surface area contributed by atoms with Crippen molar-refractivity contribution >= 4 is 33.2 Å². The lowest BCUT2D eigenvalue weighted by Crippen LogP contribution is -2.18. The van der Waals surface area contributed by atoms with Gasteiger partial charge in [0.2, 0.25) is 5.91 Å². The van der Waals surface area contributed by atoms with Gasteiger partial charge >= 0.3 is 0 Å². The zero-order chi connectivity index (χ0) is 14.4. The van der Waals surface area contributed by atoms with Crippen molar-refractivity contribution in [1.82, 2.24) is 0 Å². The van der Waals surface area contributed by atoms with Crippen molar-refractivity contribution in [3.63, 3.8) is 0 Å². The third kappa shape index (κ3) is 4.68. The number of nitrogen functional groups attached to an aromatic ring is 1. The molecule has 0 heterocycles. The van der Waals surface area contributed by atoms with Gasteiger partial charge in [0.25, 0.3) is 0 Å². The van der Waals surface area contributed by atoms with Gasteiger partial charge in [-0.2, -0.15) is 0 Å². The van der Waals surface area contributed by atoms with Crippen LogP contribution >= 0.6 is 15.9 Å². The van der Waals surface area contributed by atoms with Gasteiger partial charge in [-0.05, 0) is 42.0 Å². The van der Waals surface area contributed by atoms with Crippen LogP contribution in [0.15, 0.2) is 53.0 Å². The van der Waals surface area contributed by atoms with Crippen LogP contribution < -0.4 is 11.1 Å². The fourth-order valence-electron chi connectivity index (χ4n) is 1.61. The van der Waals surface area contributed by atoms with Gasteiger partial charge < -0.3 is 15.8 Å². The molecule has 2 rings (SSSR count). The van der Waals surface area contributed by atoms with Crippen LogP contribution in [0.5, 0.6) is 0 Å². The molecule has 104 valence electrons. The van der Waals surface area contributed by atoms with Crippen LogP contribution in [0.25, 0.3) is 0 Å². The summed E-state index contributed by atoms with van der Waals surface area (Å²) in [7, 11) is 0. The van der Waals surface area contributed by atoms with E-state index >= 15 is 0 Å². The summed E-state index contributed by atoms with van der Waals surface area (Å²) in [6.45, 7) is 0.420. The Bertz CT molecular complexity index is 567. The molecule has 20 heavy (non-hydrogen) atoms. The van der Waals surface area contributed by atoms with E-state index in [1.54, 1.807) is 24.3 Å². The molecule has 2 aromatic carbocycles. The number of benzene rings is 2. The number of halogens is 1. The summed E-state index contributed by atoms with van der Waals surface area (Å²) in [6.07, 6.45) is 0. The summed E-state index contributed by atoms with van der Waals surface area (Å²) >= 11 is 3.37. The Hall–Kier alpha value is -1.85. The van der Waals surface area contributed by atoms with Crippen LogP contribution in [0, 0.1) is 0 Å². The number of carbonyl (C=O) groups is 1. The molecule has 0 aromatic heterocycles. The number of anilines is 2. The van der Waals surface area contributed by atoms with Gasteiger partial charge in [-0.3, -0.25) is 4.79 Å².